The van der Waals surface area contributed by atoms with Crippen LogP contribution in [-0.2, 0) is 6.54 Å². The Hall–Kier alpha value is -3.08. The van der Waals surface area contributed by atoms with E-state index in [2.05, 4.69) is 29.2 Å². The second kappa shape index (κ2) is 7.89. The first-order chi connectivity index (χ1) is 13.6. The van der Waals surface area contributed by atoms with Crippen molar-refractivity contribution >= 4 is 22.6 Å². The Kier molecular flexibility index (Phi) is 5.15. The van der Waals surface area contributed by atoms with Crippen molar-refractivity contribution in [1.29, 1.82) is 0 Å². The summed E-state index contributed by atoms with van der Waals surface area (Å²) in [7, 11) is 1.72. The zero-order valence-corrected chi connectivity index (χ0v) is 16.1. The van der Waals surface area contributed by atoms with Gasteiger partial charge in [0.05, 0.1) is 5.39 Å². The molecule has 5 nitrogen and oxygen atoms in total. The molecule has 0 radical (unpaired) electrons. The maximum absolute atomic E-state index is 12.7. The van der Waals surface area contributed by atoms with E-state index in [9.17, 15) is 9.59 Å². The number of rotatable bonds is 4. The van der Waals surface area contributed by atoms with E-state index in [1.54, 1.807) is 36.2 Å². The van der Waals surface area contributed by atoms with Gasteiger partial charge in [0.25, 0.3) is 5.91 Å². The van der Waals surface area contributed by atoms with E-state index >= 15 is 0 Å². The number of piperidine rings is 1. The molecule has 0 N–H and O–H groups in total. The molecule has 1 saturated heterocycles. The van der Waals surface area contributed by atoms with Crippen molar-refractivity contribution in [2.45, 2.75) is 25.8 Å². The molecule has 1 amide bonds. The van der Waals surface area contributed by atoms with Crippen molar-refractivity contribution in [2.24, 2.45) is 0 Å². The molecule has 1 aromatic heterocycles. The van der Waals surface area contributed by atoms with Gasteiger partial charge in [-0.05, 0) is 49.1 Å². The highest BCUT2D eigenvalue weighted by Crippen LogP contribution is 2.21. The van der Waals surface area contributed by atoms with E-state index in [1.807, 2.05) is 0 Å². The highest BCUT2D eigenvalue weighted by Gasteiger charge is 2.17. The van der Waals surface area contributed by atoms with Crippen LogP contribution in [0.3, 0.4) is 0 Å². The quantitative estimate of drug-likeness (QED) is 0.689. The molecule has 144 valence electrons. The molecule has 2 heterocycles. The number of anilines is 1. The van der Waals surface area contributed by atoms with Crippen LogP contribution in [0.4, 0.5) is 5.69 Å². The summed E-state index contributed by atoms with van der Waals surface area (Å²) >= 11 is 0. The Morgan fingerprint density at radius 3 is 2.50 bits per heavy atom. The lowest BCUT2D eigenvalue weighted by Gasteiger charge is -2.29. The minimum Gasteiger partial charge on any atom is -0.451 e. The largest absolute Gasteiger partial charge is 0.451 e. The Bertz CT molecular complexity index is 1030. The number of nitrogens with zero attached hydrogens (tertiary/aromatic N) is 2. The molecular weight excluding hydrogens is 352 g/mol. The molecule has 4 rings (SSSR count). The third kappa shape index (κ3) is 3.79. The van der Waals surface area contributed by atoms with E-state index in [0.717, 1.165) is 18.7 Å². The number of carbonyl (C=O) groups is 1. The molecule has 3 aromatic rings. The summed E-state index contributed by atoms with van der Waals surface area (Å²) in [6.45, 7) is 2.67. The van der Waals surface area contributed by atoms with E-state index in [4.69, 9.17) is 4.42 Å². The zero-order chi connectivity index (χ0) is 19.5. The lowest BCUT2D eigenvalue weighted by Crippen LogP contribution is -2.29. The molecule has 2 aromatic carbocycles. The molecule has 1 aliphatic heterocycles. The fourth-order valence-corrected chi connectivity index (χ4v) is 3.71. The molecule has 0 unspecified atom stereocenters. The average molecular weight is 376 g/mol. The molecule has 0 atom stereocenters. The number of hydrogen-bond acceptors (Lipinski definition) is 4. The molecule has 0 saturated carbocycles. The summed E-state index contributed by atoms with van der Waals surface area (Å²) < 4.78 is 5.66. The van der Waals surface area contributed by atoms with Crippen LogP contribution in [0.5, 0.6) is 0 Å². The molecule has 1 fully saturated rings. The number of fused-ring (bicyclic) bond motifs is 1. The average Bonchev–Trinajstić information content (AvgIpc) is 2.74. The predicted octanol–water partition coefficient (Wildman–Crippen LogP) is 4.06. The van der Waals surface area contributed by atoms with Gasteiger partial charge < -0.3 is 14.2 Å². The summed E-state index contributed by atoms with van der Waals surface area (Å²) in [6, 6.07) is 16.6. The first-order valence-corrected chi connectivity index (χ1v) is 9.74. The Balaban J connectivity index is 1.48. The first-order valence-electron chi connectivity index (χ1n) is 9.74. The molecule has 1 aliphatic rings. The Morgan fingerprint density at radius 2 is 1.75 bits per heavy atom. The van der Waals surface area contributed by atoms with Gasteiger partial charge >= 0.3 is 0 Å². The van der Waals surface area contributed by atoms with Crippen LogP contribution in [0.1, 0.15) is 35.4 Å². The molecule has 0 bridgehead atoms. The Labute approximate surface area is 164 Å². The monoisotopic (exact) mass is 376 g/mol. The van der Waals surface area contributed by atoms with Crippen molar-refractivity contribution in [2.75, 3.05) is 25.0 Å². The number of para-hydroxylation sites is 1. The van der Waals surface area contributed by atoms with Crippen molar-refractivity contribution in [3.05, 3.63) is 76.1 Å². The van der Waals surface area contributed by atoms with Gasteiger partial charge in [0, 0.05) is 38.4 Å². The summed E-state index contributed by atoms with van der Waals surface area (Å²) in [5.41, 5.74) is 2.50. The maximum atomic E-state index is 12.7. The second-order valence-electron chi connectivity index (χ2n) is 7.35. The molecule has 5 heteroatoms. The minimum absolute atomic E-state index is 0.0659. The van der Waals surface area contributed by atoms with Crippen LogP contribution in [0.2, 0.25) is 0 Å². The van der Waals surface area contributed by atoms with Gasteiger partial charge in [-0.1, -0.05) is 24.3 Å². The summed E-state index contributed by atoms with van der Waals surface area (Å²) in [5.74, 6) is -0.237. The fraction of sp³-hybridized carbons (Fsp3) is 0.304. The standard InChI is InChI=1S/C23H24N2O3/c1-24(16-17-9-11-18(12-10-17)25-13-5-2-6-14-25)23(27)22-15-20(26)19-7-3-4-8-21(19)28-22/h3-4,7-12,15H,2,5-6,13-14,16H2,1H3. The summed E-state index contributed by atoms with van der Waals surface area (Å²) in [4.78, 5) is 29.0. The molecular formula is C23H24N2O3. The first kappa shape index (κ1) is 18.3. The number of hydrogen-bond donors (Lipinski definition) is 0. The van der Waals surface area contributed by atoms with Crippen LogP contribution < -0.4 is 10.3 Å². The van der Waals surface area contributed by atoms with Crippen molar-refractivity contribution in [1.82, 2.24) is 4.90 Å². The minimum atomic E-state index is -0.303. The van der Waals surface area contributed by atoms with E-state index in [0.29, 0.717) is 17.5 Å². The molecule has 28 heavy (non-hydrogen) atoms. The van der Waals surface area contributed by atoms with Crippen LogP contribution in [0, 0.1) is 0 Å². The smallest absolute Gasteiger partial charge is 0.289 e. The van der Waals surface area contributed by atoms with Gasteiger partial charge in [0.2, 0.25) is 0 Å². The highest BCUT2D eigenvalue weighted by molar-refractivity contribution is 5.93. The van der Waals surface area contributed by atoms with Gasteiger partial charge in [-0.25, -0.2) is 0 Å². The topological polar surface area (TPSA) is 53.8 Å². The third-order valence-electron chi connectivity index (χ3n) is 5.27. The normalized spacial score (nSPS) is 14.2. The predicted molar refractivity (Wildman–Crippen MR) is 111 cm³/mol. The van der Waals surface area contributed by atoms with Gasteiger partial charge in [0.1, 0.15) is 5.58 Å². The highest BCUT2D eigenvalue weighted by atomic mass is 16.3. The van der Waals surface area contributed by atoms with Crippen LogP contribution >= 0.6 is 0 Å². The van der Waals surface area contributed by atoms with E-state index in [-0.39, 0.29) is 17.1 Å². The van der Waals surface area contributed by atoms with Gasteiger partial charge in [0.15, 0.2) is 11.2 Å². The van der Waals surface area contributed by atoms with Gasteiger partial charge in [-0.3, -0.25) is 9.59 Å². The molecule has 0 aliphatic carbocycles. The lowest BCUT2D eigenvalue weighted by molar-refractivity contribution is 0.0754. The van der Waals surface area contributed by atoms with E-state index in [1.165, 1.54) is 31.0 Å². The lowest BCUT2D eigenvalue weighted by atomic mass is 10.1. The summed E-state index contributed by atoms with van der Waals surface area (Å²) in [5, 5.41) is 0.481. The van der Waals surface area contributed by atoms with Crippen LogP contribution in [0.15, 0.2) is 63.8 Å². The SMILES string of the molecule is CN(Cc1ccc(N2CCCCC2)cc1)C(=O)c1cc(=O)c2ccccc2o1. The Morgan fingerprint density at radius 1 is 1.04 bits per heavy atom. The van der Waals surface area contributed by atoms with Crippen LogP contribution in [0.25, 0.3) is 11.0 Å². The van der Waals surface area contributed by atoms with E-state index < -0.39 is 0 Å². The maximum Gasteiger partial charge on any atom is 0.289 e. The number of benzene rings is 2. The third-order valence-corrected chi connectivity index (χ3v) is 5.27. The zero-order valence-electron chi connectivity index (χ0n) is 16.1. The van der Waals surface area contributed by atoms with Gasteiger partial charge in [-0.15, -0.1) is 0 Å². The van der Waals surface area contributed by atoms with Crippen molar-refractivity contribution < 1.29 is 9.21 Å². The number of carbonyl (C=O) groups excluding carboxylic acids is 1. The van der Waals surface area contributed by atoms with Gasteiger partial charge in [-0.2, -0.15) is 0 Å². The van der Waals surface area contributed by atoms with Crippen molar-refractivity contribution in [3.8, 4) is 0 Å². The molecule has 0 spiro atoms. The van der Waals surface area contributed by atoms with Crippen molar-refractivity contribution in [3.63, 3.8) is 0 Å². The fourth-order valence-electron chi connectivity index (χ4n) is 3.71. The second-order valence-corrected chi connectivity index (χ2v) is 7.35. The summed E-state index contributed by atoms with van der Waals surface area (Å²) in [6.07, 6.45) is 3.80. The number of amides is 1. The van der Waals surface area contributed by atoms with Crippen LogP contribution in [-0.4, -0.2) is 30.9 Å².